The molecule has 0 aliphatic carbocycles. The molecule has 172 valence electrons. The van der Waals surface area contributed by atoms with Gasteiger partial charge in [-0.15, -0.1) is 0 Å². The Balaban J connectivity index is 1.52. The Labute approximate surface area is 194 Å². The lowest BCUT2D eigenvalue weighted by Crippen LogP contribution is -2.41. The molecule has 0 spiro atoms. The monoisotopic (exact) mass is 447 g/mol. The molecule has 2 heterocycles. The van der Waals surface area contributed by atoms with Crippen molar-refractivity contribution in [1.29, 1.82) is 0 Å². The van der Waals surface area contributed by atoms with Crippen LogP contribution in [0.4, 0.5) is 4.79 Å². The number of alkyl carbamates (subject to hydrolysis) is 1. The number of fused-ring (bicyclic) bond motifs is 1. The van der Waals surface area contributed by atoms with E-state index in [0.29, 0.717) is 0 Å². The summed E-state index contributed by atoms with van der Waals surface area (Å²) in [6.45, 7) is 10.4. The van der Waals surface area contributed by atoms with Crippen LogP contribution in [-0.4, -0.2) is 41.2 Å². The number of amides is 1. The molecule has 0 bridgehead atoms. The Morgan fingerprint density at radius 1 is 1.12 bits per heavy atom. The van der Waals surface area contributed by atoms with Crippen LogP contribution >= 0.6 is 0 Å². The first-order chi connectivity index (χ1) is 15.6. The van der Waals surface area contributed by atoms with E-state index in [4.69, 9.17) is 14.0 Å². The Morgan fingerprint density at radius 2 is 1.82 bits per heavy atom. The lowest BCUT2D eigenvalue weighted by molar-refractivity contribution is 0.00578. The molecule has 2 N–H and O–H groups in total. The standard InChI is InChI=1S/C25H30BN3O4/c1-17-21-12-11-19(14-22(21)29-28-17)13-20(26-32-24(2,3)25(4,5)33-26)15-27-23(30)31-16-18-9-7-6-8-10-18/h6-14H,15-16H2,1-5H3,(H,27,30)(H,28,29). The summed E-state index contributed by atoms with van der Waals surface area (Å²) in [6, 6.07) is 15.6. The summed E-state index contributed by atoms with van der Waals surface area (Å²) in [5.74, 6) is 0. The molecule has 4 rings (SSSR count). The van der Waals surface area contributed by atoms with Crippen molar-refractivity contribution in [2.24, 2.45) is 0 Å². The van der Waals surface area contributed by atoms with Crippen LogP contribution in [0.3, 0.4) is 0 Å². The number of nitrogens with one attached hydrogen (secondary N) is 2. The molecule has 1 amide bonds. The maximum absolute atomic E-state index is 12.4. The second kappa shape index (κ2) is 9.04. The molecule has 1 fully saturated rings. The SMILES string of the molecule is Cc1[nH]nc2cc(C=C(CNC(=O)OCc3ccccc3)B3OC(C)(C)C(C)(C)O3)ccc12. The molecule has 1 saturated heterocycles. The summed E-state index contributed by atoms with van der Waals surface area (Å²) in [6.07, 6.45) is 1.47. The molecule has 3 aromatic rings. The molecular formula is C25H30BN3O4. The van der Waals surface area contributed by atoms with Crippen molar-refractivity contribution in [3.8, 4) is 0 Å². The van der Waals surface area contributed by atoms with Crippen molar-refractivity contribution in [3.63, 3.8) is 0 Å². The van der Waals surface area contributed by atoms with Crippen molar-refractivity contribution in [3.05, 3.63) is 70.8 Å². The van der Waals surface area contributed by atoms with Gasteiger partial charge in [-0.25, -0.2) is 4.79 Å². The second-order valence-electron chi connectivity index (χ2n) is 9.35. The van der Waals surface area contributed by atoms with E-state index in [0.717, 1.165) is 33.2 Å². The van der Waals surface area contributed by atoms with E-state index in [-0.39, 0.29) is 13.2 Å². The van der Waals surface area contributed by atoms with Crippen molar-refractivity contribution in [2.45, 2.75) is 52.4 Å². The quantitative estimate of drug-likeness (QED) is 0.530. The molecule has 0 atom stereocenters. The topological polar surface area (TPSA) is 85.5 Å². The number of benzene rings is 2. The maximum atomic E-state index is 12.4. The highest BCUT2D eigenvalue weighted by atomic mass is 16.7. The molecular weight excluding hydrogens is 417 g/mol. The first kappa shape index (κ1) is 23.1. The number of H-pyrrole nitrogens is 1. The number of aromatic amines is 1. The van der Waals surface area contributed by atoms with E-state index >= 15 is 0 Å². The van der Waals surface area contributed by atoms with Crippen LogP contribution in [0.2, 0.25) is 0 Å². The van der Waals surface area contributed by atoms with Gasteiger partial charge in [-0.05, 0) is 57.3 Å². The highest BCUT2D eigenvalue weighted by molar-refractivity contribution is 6.56. The molecule has 2 aromatic carbocycles. The van der Waals surface area contributed by atoms with Crippen LogP contribution in [0.15, 0.2) is 54.0 Å². The summed E-state index contributed by atoms with van der Waals surface area (Å²) in [5, 5.41) is 11.3. The van der Waals surface area contributed by atoms with Crippen LogP contribution in [0.25, 0.3) is 17.0 Å². The lowest BCUT2D eigenvalue weighted by Gasteiger charge is -2.32. The van der Waals surface area contributed by atoms with Crippen LogP contribution in [-0.2, 0) is 20.7 Å². The minimum Gasteiger partial charge on any atom is -0.445 e. The average molecular weight is 447 g/mol. The highest BCUT2D eigenvalue weighted by Gasteiger charge is 2.52. The molecule has 0 radical (unpaired) electrons. The normalized spacial score (nSPS) is 17.4. The van der Waals surface area contributed by atoms with Gasteiger partial charge in [0.2, 0.25) is 0 Å². The third-order valence-corrected chi connectivity index (χ3v) is 6.33. The van der Waals surface area contributed by atoms with Crippen LogP contribution < -0.4 is 5.32 Å². The number of nitrogens with zero attached hydrogens (tertiary/aromatic N) is 1. The minimum absolute atomic E-state index is 0.206. The van der Waals surface area contributed by atoms with Crippen molar-refractivity contribution >= 4 is 30.2 Å². The Hall–Kier alpha value is -3.10. The van der Waals surface area contributed by atoms with Gasteiger partial charge < -0.3 is 19.4 Å². The number of carbonyl (C=O) groups is 1. The Morgan fingerprint density at radius 3 is 2.52 bits per heavy atom. The Kier molecular flexibility index (Phi) is 6.32. The summed E-state index contributed by atoms with van der Waals surface area (Å²) in [4.78, 5) is 12.4. The average Bonchev–Trinajstić information content (AvgIpc) is 3.25. The minimum atomic E-state index is -0.596. The fourth-order valence-corrected chi connectivity index (χ4v) is 3.61. The van der Waals surface area contributed by atoms with Gasteiger partial charge in [0.25, 0.3) is 0 Å². The van der Waals surface area contributed by atoms with E-state index < -0.39 is 24.4 Å². The number of aryl methyl sites for hydroxylation is 1. The van der Waals surface area contributed by atoms with Crippen molar-refractivity contribution in [1.82, 2.24) is 15.5 Å². The highest BCUT2D eigenvalue weighted by Crippen LogP contribution is 2.38. The van der Waals surface area contributed by atoms with Gasteiger partial charge in [-0.2, -0.15) is 5.10 Å². The first-order valence-electron chi connectivity index (χ1n) is 11.1. The van der Waals surface area contributed by atoms with Crippen LogP contribution in [0, 0.1) is 6.92 Å². The molecule has 7 nitrogen and oxygen atoms in total. The predicted octanol–water partition coefficient (Wildman–Crippen LogP) is 4.81. The lowest BCUT2D eigenvalue weighted by atomic mass is 9.77. The van der Waals surface area contributed by atoms with Gasteiger partial charge in [0, 0.05) is 17.6 Å². The van der Waals surface area contributed by atoms with E-state index in [1.807, 2.05) is 89.2 Å². The Bertz CT molecular complexity index is 1150. The van der Waals surface area contributed by atoms with Gasteiger partial charge in [0.05, 0.1) is 16.7 Å². The third-order valence-electron chi connectivity index (χ3n) is 6.33. The van der Waals surface area contributed by atoms with E-state index in [1.165, 1.54) is 0 Å². The van der Waals surface area contributed by atoms with Gasteiger partial charge in [0.15, 0.2) is 0 Å². The van der Waals surface area contributed by atoms with E-state index in [1.54, 1.807) is 0 Å². The molecule has 1 aliphatic rings. The van der Waals surface area contributed by atoms with E-state index in [2.05, 4.69) is 15.5 Å². The van der Waals surface area contributed by atoms with Gasteiger partial charge in [-0.3, -0.25) is 5.10 Å². The largest absolute Gasteiger partial charge is 0.492 e. The second-order valence-corrected chi connectivity index (χ2v) is 9.35. The number of ether oxygens (including phenoxy) is 1. The summed E-state index contributed by atoms with van der Waals surface area (Å²) < 4.78 is 17.9. The predicted molar refractivity (Wildman–Crippen MR) is 130 cm³/mol. The zero-order valence-corrected chi connectivity index (χ0v) is 19.8. The van der Waals surface area contributed by atoms with Gasteiger partial charge >= 0.3 is 13.2 Å². The van der Waals surface area contributed by atoms with Crippen LogP contribution in [0.1, 0.15) is 44.5 Å². The number of hydrogen-bond acceptors (Lipinski definition) is 5. The summed E-state index contributed by atoms with van der Waals surface area (Å²) >= 11 is 0. The van der Waals surface area contributed by atoms with Crippen LogP contribution in [0.5, 0.6) is 0 Å². The molecule has 0 unspecified atom stereocenters. The number of hydrogen-bond donors (Lipinski definition) is 2. The van der Waals surface area contributed by atoms with Gasteiger partial charge in [-0.1, -0.05) is 48.5 Å². The zero-order chi connectivity index (χ0) is 23.6. The van der Waals surface area contributed by atoms with Crippen molar-refractivity contribution < 1.29 is 18.8 Å². The zero-order valence-electron chi connectivity index (χ0n) is 19.8. The third kappa shape index (κ3) is 5.12. The van der Waals surface area contributed by atoms with Crippen molar-refractivity contribution in [2.75, 3.05) is 6.54 Å². The maximum Gasteiger partial charge on any atom is 0.492 e. The number of aromatic nitrogens is 2. The first-order valence-corrected chi connectivity index (χ1v) is 11.1. The fourth-order valence-electron chi connectivity index (χ4n) is 3.61. The molecule has 0 saturated carbocycles. The number of rotatable bonds is 6. The van der Waals surface area contributed by atoms with E-state index in [9.17, 15) is 4.79 Å². The smallest absolute Gasteiger partial charge is 0.445 e. The van der Waals surface area contributed by atoms with Gasteiger partial charge in [0.1, 0.15) is 6.61 Å². The molecule has 8 heteroatoms. The molecule has 1 aliphatic heterocycles. The summed E-state index contributed by atoms with van der Waals surface area (Å²) in [5.41, 5.74) is 3.58. The number of carbonyl (C=O) groups excluding carboxylic acids is 1. The fraction of sp³-hybridized carbons (Fsp3) is 0.360. The summed E-state index contributed by atoms with van der Waals surface area (Å²) in [7, 11) is -0.596. The molecule has 33 heavy (non-hydrogen) atoms. The molecule has 1 aromatic heterocycles.